The lowest BCUT2D eigenvalue weighted by Crippen LogP contribution is -2.41. The molecule has 0 aliphatic rings. The van der Waals surface area contributed by atoms with Crippen molar-refractivity contribution in [3.63, 3.8) is 0 Å². The van der Waals surface area contributed by atoms with Crippen molar-refractivity contribution in [2.24, 2.45) is 0 Å². The second kappa shape index (κ2) is 6.81. The Hall–Kier alpha value is -1.59. The molecule has 92 valence electrons. The molecular weight excluding hydrogens is 212 g/mol. The summed E-state index contributed by atoms with van der Waals surface area (Å²) >= 11 is 0. The zero-order valence-electron chi connectivity index (χ0n) is 9.89. The molecule has 0 spiro atoms. The van der Waals surface area contributed by atoms with Gasteiger partial charge in [0, 0.05) is 20.1 Å². The van der Waals surface area contributed by atoms with Gasteiger partial charge in [0.15, 0.2) is 0 Å². The maximum absolute atomic E-state index is 11.6. The minimum absolute atomic E-state index is 0.0756. The third kappa shape index (κ3) is 4.77. The molecule has 0 radical (unpaired) electrons. The number of aliphatic carboxylic acids is 1. The van der Waals surface area contributed by atoms with Crippen LogP contribution >= 0.6 is 0 Å². The van der Waals surface area contributed by atoms with E-state index >= 15 is 0 Å². The molecule has 0 aliphatic heterocycles. The second-order valence-electron chi connectivity index (χ2n) is 3.39. The van der Waals surface area contributed by atoms with Crippen LogP contribution in [-0.2, 0) is 14.4 Å². The van der Waals surface area contributed by atoms with E-state index < -0.39 is 18.3 Å². The van der Waals surface area contributed by atoms with Crippen molar-refractivity contribution in [3.8, 4) is 0 Å². The number of rotatable bonds is 6. The number of amides is 2. The van der Waals surface area contributed by atoms with E-state index in [1.54, 1.807) is 4.90 Å². The molecule has 0 heterocycles. The molecule has 16 heavy (non-hydrogen) atoms. The summed E-state index contributed by atoms with van der Waals surface area (Å²) in [6.45, 7) is 4.78. The van der Waals surface area contributed by atoms with Crippen LogP contribution in [0.15, 0.2) is 0 Å². The van der Waals surface area contributed by atoms with Gasteiger partial charge >= 0.3 is 5.97 Å². The summed E-state index contributed by atoms with van der Waals surface area (Å²) in [5.74, 6) is -1.92. The lowest BCUT2D eigenvalue weighted by Gasteiger charge is -2.22. The molecule has 0 saturated carbocycles. The Morgan fingerprint density at radius 2 is 1.56 bits per heavy atom. The lowest BCUT2D eigenvalue weighted by atomic mass is 10.3. The molecule has 0 aliphatic carbocycles. The molecular formula is C10H18N2O4. The lowest BCUT2D eigenvalue weighted by molar-refractivity contribution is -0.146. The summed E-state index contributed by atoms with van der Waals surface area (Å²) < 4.78 is 0. The number of carbonyl (C=O) groups is 3. The highest BCUT2D eigenvalue weighted by Gasteiger charge is 2.18. The molecule has 0 fully saturated rings. The van der Waals surface area contributed by atoms with E-state index in [0.29, 0.717) is 13.1 Å². The van der Waals surface area contributed by atoms with Crippen LogP contribution in [0.5, 0.6) is 0 Å². The summed E-state index contributed by atoms with van der Waals surface area (Å²) in [6.07, 6.45) is -0.581. The van der Waals surface area contributed by atoms with Gasteiger partial charge in [-0.15, -0.1) is 0 Å². The van der Waals surface area contributed by atoms with Crippen LogP contribution in [0.1, 0.15) is 20.3 Å². The normalized spacial score (nSPS) is 9.69. The summed E-state index contributed by atoms with van der Waals surface area (Å²) in [5, 5.41) is 8.43. The number of hydrogen-bond acceptors (Lipinski definition) is 3. The first-order chi connectivity index (χ1) is 7.42. The quantitative estimate of drug-likeness (QED) is 0.640. The van der Waals surface area contributed by atoms with Gasteiger partial charge in [0.25, 0.3) is 0 Å². The Bertz CT molecular complexity index is 274. The van der Waals surface area contributed by atoms with E-state index in [9.17, 15) is 14.4 Å². The summed E-state index contributed by atoms with van der Waals surface area (Å²) in [7, 11) is 1.42. The molecule has 6 nitrogen and oxygen atoms in total. The fourth-order valence-corrected chi connectivity index (χ4v) is 1.23. The first-order valence-electron chi connectivity index (χ1n) is 5.15. The topological polar surface area (TPSA) is 77.9 Å². The predicted molar refractivity (Wildman–Crippen MR) is 57.8 cm³/mol. The van der Waals surface area contributed by atoms with Gasteiger partial charge in [-0.25, -0.2) is 0 Å². The molecule has 0 rings (SSSR count). The molecule has 6 heteroatoms. The fourth-order valence-electron chi connectivity index (χ4n) is 1.23. The zero-order chi connectivity index (χ0) is 12.7. The van der Waals surface area contributed by atoms with Crippen LogP contribution in [0.4, 0.5) is 0 Å². The second-order valence-corrected chi connectivity index (χ2v) is 3.39. The van der Waals surface area contributed by atoms with E-state index in [4.69, 9.17) is 5.11 Å². The monoisotopic (exact) mass is 230 g/mol. The number of carboxylic acids is 1. The molecule has 0 aromatic carbocycles. The van der Waals surface area contributed by atoms with Crippen LogP contribution < -0.4 is 0 Å². The van der Waals surface area contributed by atoms with Crippen LogP contribution in [0.2, 0.25) is 0 Å². The third-order valence-electron chi connectivity index (χ3n) is 2.22. The molecule has 0 saturated heterocycles. The minimum Gasteiger partial charge on any atom is -0.481 e. The molecule has 2 amide bonds. The van der Waals surface area contributed by atoms with Crippen LogP contribution in [-0.4, -0.2) is 59.4 Å². The average molecular weight is 230 g/mol. The van der Waals surface area contributed by atoms with E-state index in [1.807, 2.05) is 13.8 Å². The van der Waals surface area contributed by atoms with Crippen molar-refractivity contribution < 1.29 is 19.5 Å². The van der Waals surface area contributed by atoms with Gasteiger partial charge in [-0.1, -0.05) is 0 Å². The standard InChI is InChI=1S/C10H18N2O4/c1-4-12(5-2)9(14)7-11(3)8(13)6-10(15)16/h4-7H2,1-3H3,(H,15,16). The largest absolute Gasteiger partial charge is 0.481 e. The van der Waals surface area contributed by atoms with Crippen molar-refractivity contribution in [3.05, 3.63) is 0 Å². The first kappa shape index (κ1) is 14.4. The SMILES string of the molecule is CCN(CC)C(=O)CN(C)C(=O)CC(=O)O. The van der Waals surface area contributed by atoms with Gasteiger partial charge < -0.3 is 14.9 Å². The summed E-state index contributed by atoms with van der Waals surface area (Å²) in [4.78, 5) is 35.9. The molecule has 1 N–H and O–H groups in total. The molecule has 0 aromatic heterocycles. The molecule has 0 bridgehead atoms. The van der Waals surface area contributed by atoms with E-state index in [0.717, 1.165) is 4.90 Å². The maximum Gasteiger partial charge on any atom is 0.312 e. The number of hydrogen-bond donors (Lipinski definition) is 1. The van der Waals surface area contributed by atoms with E-state index in [1.165, 1.54) is 7.05 Å². The molecule has 0 atom stereocenters. The Labute approximate surface area is 94.8 Å². The number of carboxylic acid groups (broad SMARTS) is 1. The zero-order valence-corrected chi connectivity index (χ0v) is 9.89. The number of likely N-dealkylation sites (N-methyl/N-ethyl adjacent to an activating group) is 2. The van der Waals surface area contributed by atoms with Crippen LogP contribution in [0.3, 0.4) is 0 Å². The van der Waals surface area contributed by atoms with Crippen molar-refractivity contribution in [2.75, 3.05) is 26.7 Å². The Morgan fingerprint density at radius 3 is 1.94 bits per heavy atom. The number of carbonyl (C=O) groups excluding carboxylic acids is 2. The number of nitrogens with zero attached hydrogens (tertiary/aromatic N) is 2. The summed E-state index contributed by atoms with van der Waals surface area (Å²) in [6, 6.07) is 0. The Morgan fingerprint density at radius 1 is 1.06 bits per heavy atom. The highest BCUT2D eigenvalue weighted by atomic mass is 16.4. The third-order valence-corrected chi connectivity index (χ3v) is 2.22. The minimum atomic E-state index is -1.19. The smallest absolute Gasteiger partial charge is 0.312 e. The predicted octanol–water partition coefficient (Wildman–Crippen LogP) is -0.212. The fraction of sp³-hybridized carbons (Fsp3) is 0.700. The van der Waals surface area contributed by atoms with Gasteiger partial charge in [0.2, 0.25) is 11.8 Å². The van der Waals surface area contributed by atoms with E-state index in [-0.39, 0.29) is 12.5 Å². The average Bonchev–Trinajstić information content (AvgIpc) is 2.18. The highest BCUT2D eigenvalue weighted by molar-refractivity contribution is 5.95. The van der Waals surface area contributed by atoms with Gasteiger partial charge in [0.1, 0.15) is 6.42 Å². The van der Waals surface area contributed by atoms with Gasteiger partial charge in [-0.2, -0.15) is 0 Å². The van der Waals surface area contributed by atoms with Gasteiger partial charge in [0.05, 0.1) is 6.54 Å². The first-order valence-corrected chi connectivity index (χ1v) is 5.15. The Balaban J connectivity index is 4.22. The van der Waals surface area contributed by atoms with E-state index in [2.05, 4.69) is 0 Å². The Kier molecular flexibility index (Phi) is 6.14. The van der Waals surface area contributed by atoms with Crippen LogP contribution in [0, 0.1) is 0 Å². The van der Waals surface area contributed by atoms with Crippen molar-refractivity contribution >= 4 is 17.8 Å². The summed E-state index contributed by atoms with van der Waals surface area (Å²) in [5.41, 5.74) is 0. The van der Waals surface area contributed by atoms with Crippen LogP contribution in [0.25, 0.3) is 0 Å². The van der Waals surface area contributed by atoms with Crippen molar-refractivity contribution in [2.45, 2.75) is 20.3 Å². The molecule has 0 aromatic rings. The highest BCUT2D eigenvalue weighted by Crippen LogP contribution is 1.95. The van der Waals surface area contributed by atoms with Crippen molar-refractivity contribution in [1.82, 2.24) is 9.80 Å². The van der Waals surface area contributed by atoms with Gasteiger partial charge in [-0.05, 0) is 13.8 Å². The maximum atomic E-state index is 11.6. The molecule has 0 unspecified atom stereocenters. The van der Waals surface area contributed by atoms with Crippen molar-refractivity contribution in [1.29, 1.82) is 0 Å². The van der Waals surface area contributed by atoms with Gasteiger partial charge in [-0.3, -0.25) is 14.4 Å².